The van der Waals surface area contributed by atoms with E-state index in [0.717, 1.165) is 16.7 Å². The molecule has 0 radical (unpaired) electrons. The van der Waals surface area contributed by atoms with Gasteiger partial charge in [0.1, 0.15) is 11.4 Å². The highest BCUT2D eigenvalue weighted by Crippen LogP contribution is 2.49. The molecule has 1 atom stereocenters. The lowest BCUT2D eigenvalue weighted by molar-refractivity contribution is -0.146. The van der Waals surface area contributed by atoms with Crippen LogP contribution in [-0.2, 0) is 34.0 Å². The molecule has 0 saturated heterocycles. The highest BCUT2D eigenvalue weighted by Gasteiger charge is 2.54. The van der Waals surface area contributed by atoms with E-state index in [1.54, 1.807) is 55.3 Å². The number of amides is 1. The Morgan fingerprint density at radius 1 is 0.860 bits per heavy atom. The van der Waals surface area contributed by atoms with Crippen LogP contribution in [0.3, 0.4) is 0 Å². The largest absolute Gasteiger partial charge is 0.467 e. The Morgan fingerprint density at radius 3 is 1.95 bits per heavy atom. The lowest BCUT2D eigenvalue weighted by Crippen LogP contribution is -2.49. The monoisotopic (exact) mass is 793 g/mol. The first-order valence-electron chi connectivity index (χ1n) is 18.8. The zero-order chi connectivity index (χ0) is 40.5. The Kier molecular flexibility index (Phi) is 13.2. The second kappa shape index (κ2) is 18.2. The van der Waals surface area contributed by atoms with Crippen LogP contribution in [-0.4, -0.2) is 89.9 Å². The summed E-state index contributed by atoms with van der Waals surface area (Å²) in [6.07, 6.45) is 5.19. The van der Waals surface area contributed by atoms with E-state index < -0.39 is 34.3 Å². The Hall–Kier alpha value is -5.44. The summed E-state index contributed by atoms with van der Waals surface area (Å²) >= 11 is 1.74. The molecule has 1 aliphatic carbocycles. The van der Waals surface area contributed by atoms with Crippen molar-refractivity contribution in [2.45, 2.75) is 61.8 Å². The summed E-state index contributed by atoms with van der Waals surface area (Å²) in [5.41, 5.74) is 2.43. The van der Waals surface area contributed by atoms with Crippen LogP contribution in [0.15, 0.2) is 116 Å². The second-order valence-electron chi connectivity index (χ2n) is 14.8. The van der Waals surface area contributed by atoms with E-state index in [1.165, 1.54) is 7.11 Å². The minimum absolute atomic E-state index is 0.279. The van der Waals surface area contributed by atoms with Crippen LogP contribution in [0.4, 0.5) is 22.2 Å². The molecule has 13 nitrogen and oxygen atoms in total. The summed E-state index contributed by atoms with van der Waals surface area (Å²) in [6, 6.07) is 32.6. The molecule has 2 heterocycles. The van der Waals surface area contributed by atoms with Crippen molar-refractivity contribution in [3.05, 3.63) is 132 Å². The summed E-state index contributed by atoms with van der Waals surface area (Å²) in [6.45, 7) is 6.11. The molecular formula is C43H51N7O6S. The summed E-state index contributed by atoms with van der Waals surface area (Å²) in [5.74, 6) is 1.02. The zero-order valence-corrected chi connectivity index (χ0v) is 34.1. The summed E-state index contributed by atoms with van der Waals surface area (Å²) < 4.78 is 23.2. The lowest BCUT2D eigenvalue weighted by atomic mass is 9.84. The number of rotatable bonds is 18. The minimum Gasteiger partial charge on any atom is -0.467 e. The number of ether oxygens (including phenoxy) is 4. The van der Waals surface area contributed by atoms with Crippen molar-refractivity contribution in [3.8, 4) is 0 Å². The minimum atomic E-state index is -0.781. The molecular weight excluding hydrogens is 743 g/mol. The van der Waals surface area contributed by atoms with Gasteiger partial charge in [0.15, 0.2) is 11.8 Å². The van der Waals surface area contributed by atoms with Gasteiger partial charge in [-0.2, -0.15) is 10.1 Å². The first-order chi connectivity index (χ1) is 27.5. The number of hydrogen-bond acceptors (Lipinski definition) is 12. The second-order valence-corrected chi connectivity index (χ2v) is 16.0. The Balaban J connectivity index is 1.34. The van der Waals surface area contributed by atoms with Gasteiger partial charge in [0.25, 0.3) is 0 Å². The van der Waals surface area contributed by atoms with Gasteiger partial charge in [-0.25, -0.2) is 14.6 Å². The fraction of sp³-hybridized carbons (Fsp3) is 0.372. The van der Waals surface area contributed by atoms with Crippen molar-refractivity contribution in [1.82, 2.24) is 25.1 Å². The molecule has 1 fully saturated rings. The van der Waals surface area contributed by atoms with E-state index >= 15 is 0 Å². The Morgan fingerprint density at radius 2 is 1.44 bits per heavy atom. The van der Waals surface area contributed by atoms with Crippen molar-refractivity contribution in [2.24, 2.45) is 0 Å². The number of nitrogens with one attached hydrogen (secondary N) is 2. The molecule has 2 aromatic heterocycles. The van der Waals surface area contributed by atoms with Gasteiger partial charge in [0.2, 0.25) is 5.95 Å². The smallest absolute Gasteiger partial charge is 0.407 e. The average Bonchev–Trinajstić information content (AvgIpc) is 3.90. The van der Waals surface area contributed by atoms with E-state index in [9.17, 15) is 9.59 Å². The molecule has 0 aliphatic heterocycles. The van der Waals surface area contributed by atoms with E-state index in [0.29, 0.717) is 42.6 Å². The standard InChI is InChI=1S/C43H51N7O6S/c1-41(2,3)56-40(52)47-35(30-57-43(31-16-10-7-11-17-31,32-18-12-8-13-19-32)33-20-14-9-15-21-33)27-49(29-37(53-4)54-5)36-22-25-44-39(48-36)46-34-26-45-50(28-34)42(23-24-42)38(51)55-6/h7-22,25-26,28,35,37H,23-24,27,29-30H2,1-6H3,(H,47,52)(H,44,46,48)/t35-/m0/s1. The van der Waals surface area contributed by atoms with Gasteiger partial charge in [0.05, 0.1) is 36.3 Å². The first-order valence-corrected chi connectivity index (χ1v) is 19.8. The third kappa shape index (κ3) is 9.93. The Labute approximate surface area is 338 Å². The first kappa shape index (κ1) is 41.2. The molecule has 5 aromatic rings. The maximum Gasteiger partial charge on any atom is 0.407 e. The summed E-state index contributed by atoms with van der Waals surface area (Å²) in [5, 5.41) is 10.8. The number of carbonyl (C=O) groups is 2. The fourth-order valence-corrected chi connectivity index (χ4v) is 8.28. The average molecular weight is 794 g/mol. The maximum absolute atomic E-state index is 13.6. The highest BCUT2D eigenvalue weighted by atomic mass is 32.2. The highest BCUT2D eigenvalue weighted by molar-refractivity contribution is 8.00. The van der Waals surface area contributed by atoms with Gasteiger partial charge < -0.3 is 34.5 Å². The van der Waals surface area contributed by atoms with Crippen LogP contribution in [0.2, 0.25) is 0 Å². The predicted octanol–water partition coefficient (Wildman–Crippen LogP) is 7.12. The molecule has 3 aromatic carbocycles. The van der Waals surface area contributed by atoms with Crippen molar-refractivity contribution in [1.29, 1.82) is 0 Å². The molecule has 1 aliphatic rings. The molecule has 300 valence electrons. The third-order valence-electron chi connectivity index (χ3n) is 9.63. The number of thioether (sulfide) groups is 1. The lowest BCUT2D eigenvalue weighted by Gasteiger charge is -2.38. The van der Waals surface area contributed by atoms with Crippen molar-refractivity contribution < 1.29 is 28.5 Å². The molecule has 14 heteroatoms. The zero-order valence-electron chi connectivity index (χ0n) is 33.3. The molecule has 0 spiro atoms. The fourth-order valence-electron chi connectivity index (χ4n) is 6.73. The van der Waals surface area contributed by atoms with Crippen LogP contribution in [0.25, 0.3) is 0 Å². The van der Waals surface area contributed by atoms with E-state index in [4.69, 9.17) is 23.9 Å². The number of anilines is 3. The predicted molar refractivity (Wildman–Crippen MR) is 222 cm³/mol. The van der Waals surface area contributed by atoms with Crippen molar-refractivity contribution in [3.63, 3.8) is 0 Å². The molecule has 6 rings (SSSR count). The van der Waals surface area contributed by atoms with Gasteiger partial charge in [-0.3, -0.25) is 4.68 Å². The number of methoxy groups -OCH3 is 3. The SMILES string of the molecule is COC(=O)C1(n2cc(Nc3nccc(N(CC(OC)OC)C[C@@H](CSC(c4ccccc4)(c4ccccc4)c4ccccc4)NC(=O)OC(C)(C)C)n3)cn2)CC1. The third-order valence-corrected chi connectivity index (χ3v) is 11.3. The van der Waals surface area contributed by atoms with Crippen LogP contribution in [0.1, 0.15) is 50.3 Å². The molecule has 2 N–H and O–H groups in total. The Bertz CT molecular complexity index is 1960. The number of nitrogens with zero attached hydrogens (tertiary/aromatic N) is 5. The number of alkyl carbamates (subject to hydrolysis) is 1. The molecule has 1 saturated carbocycles. The molecule has 57 heavy (non-hydrogen) atoms. The van der Waals surface area contributed by atoms with Crippen molar-refractivity contribution in [2.75, 3.05) is 50.4 Å². The number of esters is 1. The van der Waals surface area contributed by atoms with E-state index in [-0.39, 0.29) is 12.5 Å². The molecule has 1 amide bonds. The van der Waals surface area contributed by atoms with Crippen LogP contribution >= 0.6 is 11.8 Å². The van der Waals surface area contributed by atoms with Gasteiger partial charge in [-0.15, -0.1) is 11.8 Å². The van der Waals surface area contributed by atoms with E-state index in [2.05, 4.69) is 93.5 Å². The van der Waals surface area contributed by atoms with Gasteiger partial charge in [-0.1, -0.05) is 91.0 Å². The van der Waals surface area contributed by atoms with Gasteiger partial charge >= 0.3 is 12.1 Å². The van der Waals surface area contributed by atoms with Crippen LogP contribution in [0, 0.1) is 0 Å². The van der Waals surface area contributed by atoms with Gasteiger partial charge in [-0.05, 0) is 56.4 Å². The van der Waals surface area contributed by atoms with Crippen LogP contribution < -0.4 is 15.5 Å². The van der Waals surface area contributed by atoms with Crippen LogP contribution in [0.5, 0.6) is 0 Å². The number of benzene rings is 3. The molecule has 0 bridgehead atoms. The number of hydrogen-bond donors (Lipinski definition) is 2. The normalized spacial score (nSPS) is 14.1. The number of aromatic nitrogens is 4. The van der Waals surface area contributed by atoms with Crippen molar-refractivity contribution >= 4 is 41.3 Å². The summed E-state index contributed by atoms with van der Waals surface area (Å²) in [7, 11) is 4.54. The summed E-state index contributed by atoms with van der Waals surface area (Å²) in [4.78, 5) is 37.4. The van der Waals surface area contributed by atoms with Gasteiger partial charge in [0, 0.05) is 38.9 Å². The number of carbonyl (C=O) groups excluding carboxylic acids is 2. The molecule has 0 unspecified atom stereocenters. The maximum atomic E-state index is 13.6. The van der Waals surface area contributed by atoms with E-state index in [1.807, 2.05) is 43.9 Å². The quantitative estimate of drug-likeness (QED) is 0.0530. The topological polar surface area (TPSA) is 142 Å².